The minimum atomic E-state index is -0.748. The maximum Gasteiger partial charge on any atom is 0.360 e. The second-order valence-electron chi connectivity index (χ2n) is 6.67. The van der Waals surface area contributed by atoms with E-state index in [-0.39, 0.29) is 22.8 Å². The molecule has 0 unspecified atom stereocenters. The minimum Gasteiger partial charge on any atom is -0.497 e. The summed E-state index contributed by atoms with van der Waals surface area (Å²) < 4.78 is 10.5. The molecule has 2 aromatic carbocycles. The van der Waals surface area contributed by atoms with Crippen molar-refractivity contribution in [2.24, 2.45) is 0 Å². The molecule has 1 heterocycles. The smallest absolute Gasteiger partial charge is 0.360 e. The monoisotopic (exact) mass is 418 g/mol. The fourth-order valence-electron chi connectivity index (χ4n) is 2.85. The van der Waals surface area contributed by atoms with E-state index in [0.29, 0.717) is 12.1 Å². The third-order valence-electron chi connectivity index (χ3n) is 4.43. The molecule has 3 aromatic rings. The first-order chi connectivity index (χ1) is 15.0. The first-order valence-corrected chi connectivity index (χ1v) is 9.56. The molecule has 3 rings (SSSR count). The Morgan fingerprint density at radius 3 is 2.55 bits per heavy atom. The average molecular weight is 418 g/mol. The molecule has 0 aliphatic carbocycles. The van der Waals surface area contributed by atoms with Gasteiger partial charge in [0.25, 0.3) is 5.91 Å². The van der Waals surface area contributed by atoms with E-state index in [2.05, 4.69) is 10.6 Å². The van der Waals surface area contributed by atoms with Crippen LogP contribution in [0.4, 0.5) is 5.69 Å². The van der Waals surface area contributed by atoms with Crippen LogP contribution in [-0.4, -0.2) is 18.8 Å². The number of Topliss-reactive ketones (excluding diaryl/α,β-unsaturated/α-hetero) is 1. The molecular formula is C24H22N2O5. The Morgan fingerprint density at radius 2 is 1.84 bits per heavy atom. The number of rotatable bonds is 8. The molecule has 0 saturated heterocycles. The molecule has 7 heteroatoms. The molecule has 1 aromatic heterocycles. The Kier molecular flexibility index (Phi) is 7.01. The fraction of sp³-hybridized carbons (Fsp3) is 0.125. The summed E-state index contributed by atoms with van der Waals surface area (Å²) >= 11 is 0. The van der Waals surface area contributed by atoms with Crippen molar-refractivity contribution in [1.29, 1.82) is 0 Å². The molecule has 1 amide bonds. The summed E-state index contributed by atoms with van der Waals surface area (Å²) in [7, 11) is 1.60. The predicted molar refractivity (Wildman–Crippen MR) is 118 cm³/mol. The lowest BCUT2D eigenvalue weighted by atomic mass is 10.1. The van der Waals surface area contributed by atoms with Gasteiger partial charge in [0.05, 0.1) is 12.7 Å². The van der Waals surface area contributed by atoms with Crippen LogP contribution in [-0.2, 0) is 6.54 Å². The number of benzene rings is 2. The number of methoxy groups -OCH3 is 1. The number of amides is 1. The van der Waals surface area contributed by atoms with Gasteiger partial charge in [-0.1, -0.05) is 30.3 Å². The number of hydrogen-bond acceptors (Lipinski definition) is 6. The van der Waals surface area contributed by atoms with Crippen LogP contribution in [0, 0.1) is 0 Å². The highest BCUT2D eigenvalue weighted by Gasteiger charge is 2.15. The molecule has 7 nitrogen and oxygen atoms in total. The van der Waals surface area contributed by atoms with E-state index >= 15 is 0 Å². The van der Waals surface area contributed by atoms with Gasteiger partial charge in [0, 0.05) is 18.3 Å². The SMILES string of the molecule is COc1cccc(CN/C=C/c2oc(=O)c(NC(=O)c3ccccc3)cc2C(C)=O)c1. The van der Waals surface area contributed by atoms with E-state index in [4.69, 9.17) is 9.15 Å². The Balaban J connectivity index is 1.75. The number of anilines is 1. The summed E-state index contributed by atoms with van der Waals surface area (Å²) in [6, 6.07) is 17.3. The highest BCUT2D eigenvalue weighted by molar-refractivity contribution is 6.05. The molecule has 0 atom stereocenters. The second-order valence-corrected chi connectivity index (χ2v) is 6.67. The van der Waals surface area contributed by atoms with Crippen LogP contribution in [0.15, 0.2) is 76.1 Å². The van der Waals surface area contributed by atoms with Crippen molar-refractivity contribution in [1.82, 2.24) is 5.32 Å². The van der Waals surface area contributed by atoms with Crippen molar-refractivity contribution in [2.75, 3.05) is 12.4 Å². The standard InChI is InChI=1S/C24H22N2O5/c1-16(27)20-14-21(26-23(28)18-8-4-3-5-9-18)24(29)31-22(20)11-12-25-15-17-7-6-10-19(13-17)30-2/h3-14,25H,15H2,1-2H3,(H,26,28)/b12-11+. The maximum atomic E-state index is 12.3. The maximum absolute atomic E-state index is 12.3. The van der Waals surface area contributed by atoms with Crippen molar-refractivity contribution in [2.45, 2.75) is 13.5 Å². The number of ketones is 1. The average Bonchev–Trinajstić information content (AvgIpc) is 2.78. The highest BCUT2D eigenvalue weighted by atomic mass is 16.5. The zero-order chi connectivity index (χ0) is 22.2. The molecule has 0 saturated carbocycles. The quantitative estimate of drug-likeness (QED) is 0.539. The minimum absolute atomic E-state index is 0.0967. The zero-order valence-corrected chi connectivity index (χ0v) is 17.2. The van der Waals surface area contributed by atoms with Gasteiger partial charge in [-0.25, -0.2) is 4.79 Å². The first-order valence-electron chi connectivity index (χ1n) is 9.56. The van der Waals surface area contributed by atoms with Gasteiger partial charge < -0.3 is 19.8 Å². The normalized spacial score (nSPS) is 10.6. The molecule has 31 heavy (non-hydrogen) atoms. The van der Waals surface area contributed by atoms with Gasteiger partial charge >= 0.3 is 5.63 Å². The van der Waals surface area contributed by atoms with Gasteiger partial charge in [-0.05, 0) is 48.9 Å². The van der Waals surface area contributed by atoms with E-state index in [1.54, 1.807) is 43.6 Å². The first kappa shape index (κ1) is 21.6. The van der Waals surface area contributed by atoms with Gasteiger partial charge in [0.2, 0.25) is 0 Å². The van der Waals surface area contributed by atoms with Crippen LogP contribution in [0.5, 0.6) is 5.75 Å². The lowest BCUT2D eigenvalue weighted by Gasteiger charge is -2.08. The Morgan fingerprint density at radius 1 is 1.06 bits per heavy atom. The van der Waals surface area contributed by atoms with Crippen molar-refractivity contribution < 1.29 is 18.7 Å². The molecule has 2 N–H and O–H groups in total. The molecule has 0 bridgehead atoms. The summed E-state index contributed by atoms with van der Waals surface area (Å²) in [4.78, 5) is 36.7. The Labute approximate surface area is 179 Å². The van der Waals surface area contributed by atoms with E-state index in [1.807, 2.05) is 24.3 Å². The van der Waals surface area contributed by atoms with E-state index < -0.39 is 11.5 Å². The summed E-state index contributed by atoms with van der Waals surface area (Å²) in [5.74, 6) is 0.0895. The van der Waals surface area contributed by atoms with Gasteiger partial charge in [0.1, 0.15) is 17.2 Å². The number of hydrogen-bond donors (Lipinski definition) is 2. The molecule has 0 radical (unpaired) electrons. The van der Waals surface area contributed by atoms with Crippen LogP contribution < -0.4 is 21.0 Å². The van der Waals surface area contributed by atoms with Crippen molar-refractivity contribution >= 4 is 23.5 Å². The molecular weight excluding hydrogens is 396 g/mol. The molecule has 0 spiro atoms. The molecule has 158 valence electrons. The van der Waals surface area contributed by atoms with Crippen molar-refractivity contribution in [3.05, 3.63) is 99.7 Å². The molecule has 0 aliphatic heterocycles. The number of carbonyl (C=O) groups excluding carboxylic acids is 2. The summed E-state index contributed by atoms with van der Waals surface area (Å²) in [5, 5.41) is 5.58. The van der Waals surface area contributed by atoms with Gasteiger partial charge in [-0.3, -0.25) is 9.59 Å². The molecule has 0 fully saturated rings. The third-order valence-corrected chi connectivity index (χ3v) is 4.43. The van der Waals surface area contributed by atoms with Crippen LogP contribution in [0.2, 0.25) is 0 Å². The van der Waals surface area contributed by atoms with Crippen molar-refractivity contribution in [3.8, 4) is 5.75 Å². The van der Waals surface area contributed by atoms with E-state index in [0.717, 1.165) is 11.3 Å². The van der Waals surface area contributed by atoms with E-state index in [1.165, 1.54) is 19.1 Å². The Bertz CT molecular complexity index is 1170. The van der Waals surface area contributed by atoms with Crippen LogP contribution >= 0.6 is 0 Å². The van der Waals surface area contributed by atoms with Crippen molar-refractivity contribution in [3.63, 3.8) is 0 Å². The summed E-state index contributed by atoms with van der Waals surface area (Å²) in [5.41, 5.74) is 0.720. The topological polar surface area (TPSA) is 97.6 Å². The highest BCUT2D eigenvalue weighted by Crippen LogP contribution is 2.16. The summed E-state index contributed by atoms with van der Waals surface area (Å²) in [6.45, 7) is 1.87. The number of nitrogens with one attached hydrogen (secondary N) is 2. The number of carbonyl (C=O) groups is 2. The zero-order valence-electron chi connectivity index (χ0n) is 17.2. The van der Waals surface area contributed by atoms with Crippen LogP contribution in [0.25, 0.3) is 6.08 Å². The fourth-order valence-corrected chi connectivity index (χ4v) is 2.85. The van der Waals surface area contributed by atoms with Gasteiger partial charge in [0.15, 0.2) is 5.78 Å². The summed E-state index contributed by atoms with van der Waals surface area (Å²) in [6.07, 6.45) is 3.09. The predicted octanol–water partition coefficient (Wildman–Crippen LogP) is 3.86. The van der Waals surface area contributed by atoms with E-state index in [9.17, 15) is 14.4 Å². The lowest BCUT2D eigenvalue weighted by molar-refractivity contribution is 0.100. The van der Waals surface area contributed by atoms with Crippen LogP contribution in [0.3, 0.4) is 0 Å². The third kappa shape index (κ3) is 5.70. The van der Waals surface area contributed by atoms with Gasteiger partial charge in [-0.2, -0.15) is 0 Å². The lowest BCUT2D eigenvalue weighted by Crippen LogP contribution is -2.19. The van der Waals surface area contributed by atoms with Gasteiger partial charge in [-0.15, -0.1) is 0 Å². The number of ether oxygens (including phenoxy) is 1. The largest absolute Gasteiger partial charge is 0.497 e. The Hall–Kier alpha value is -4.13. The van der Waals surface area contributed by atoms with Crippen LogP contribution in [0.1, 0.15) is 39.0 Å². The molecule has 0 aliphatic rings. The second kappa shape index (κ2) is 10.1.